The molecule has 0 aromatic rings. The smallest absolute Gasteiger partial charge is 0.394 e. The van der Waals surface area contributed by atoms with Crippen LogP contribution in [0.5, 0.6) is 0 Å². The van der Waals surface area contributed by atoms with Crippen molar-refractivity contribution in [2.45, 2.75) is 154 Å². The first-order valence-corrected chi connectivity index (χ1v) is 19.9. The molecule has 5 fully saturated rings. The van der Waals surface area contributed by atoms with Crippen LogP contribution in [0.1, 0.15) is 0 Å². The van der Waals surface area contributed by atoms with Crippen molar-refractivity contribution in [3.8, 4) is 0 Å². The van der Waals surface area contributed by atoms with Crippen LogP contribution in [0.3, 0.4) is 0 Å². The third-order valence-corrected chi connectivity index (χ3v) is 11.0. The highest BCUT2D eigenvalue weighted by molar-refractivity contribution is 7.46. The number of phosphoric acid groups is 1. The average Bonchev–Trinajstić information content (AvgIpc) is 3.21. The van der Waals surface area contributed by atoms with Crippen LogP contribution in [-0.4, -0.2) is 278 Å². The molecule has 5 heterocycles. The lowest BCUT2D eigenvalue weighted by molar-refractivity contribution is -0.392. The fourth-order valence-electron chi connectivity index (χ4n) is 7.19. The van der Waals surface area contributed by atoms with Gasteiger partial charge in [-0.05, 0) is 0 Å². The van der Waals surface area contributed by atoms with Gasteiger partial charge in [-0.3, -0.25) is 4.52 Å². The largest absolute Gasteiger partial charge is 0.469 e. The molecule has 5 aliphatic rings. The fraction of sp³-hybridized carbons (Fsp3) is 1.00. The minimum absolute atomic E-state index is 0.827. The Hall–Kier alpha value is -0.890. The van der Waals surface area contributed by atoms with Crippen LogP contribution in [0.4, 0.5) is 0 Å². The van der Waals surface area contributed by atoms with E-state index in [0.29, 0.717) is 0 Å². The zero-order valence-corrected chi connectivity index (χ0v) is 31.9. The van der Waals surface area contributed by atoms with E-state index in [0.717, 1.165) is 0 Å². The summed E-state index contributed by atoms with van der Waals surface area (Å²) in [6, 6.07) is 0. The normalized spacial score (nSPS) is 50.7. The highest BCUT2D eigenvalue weighted by atomic mass is 31.2. The van der Waals surface area contributed by atoms with E-state index in [4.69, 9.17) is 52.4 Å². The fourth-order valence-corrected chi connectivity index (χ4v) is 7.53. The molecule has 5 aliphatic heterocycles. The second-order valence-corrected chi connectivity index (χ2v) is 15.8. The molecule has 60 heavy (non-hydrogen) atoms. The summed E-state index contributed by atoms with van der Waals surface area (Å²) in [7, 11) is -5.15. The maximum atomic E-state index is 11.3. The molecule has 5 rings (SSSR count). The summed E-state index contributed by atoms with van der Waals surface area (Å²) < 4.78 is 64.6. The Kier molecular flexibility index (Phi) is 17.5. The van der Waals surface area contributed by atoms with Crippen LogP contribution in [0.25, 0.3) is 0 Å². The Balaban J connectivity index is 1.23. The highest BCUT2D eigenvalue weighted by Gasteiger charge is 2.56. The summed E-state index contributed by atoms with van der Waals surface area (Å²) in [5.74, 6) is 0. The summed E-state index contributed by atoms with van der Waals surface area (Å²) in [6.45, 7) is -4.87. The van der Waals surface area contributed by atoms with Crippen molar-refractivity contribution in [2.75, 3.05) is 33.0 Å². The van der Waals surface area contributed by atoms with Crippen molar-refractivity contribution in [1.82, 2.24) is 0 Å². The van der Waals surface area contributed by atoms with Crippen molar-refractivity contribution in [3.63, 3.8) is 0 Å². The van der Waals surface area contributed by atoms with E-state index in [1.807, 2.05) is 0 Å². The van der Waals surface area contributed by atoms with E-state index in [1.165, 1.54) is 0 Å². The quantitative estimate of drug-likeness (QED) is 0.0678. The highest BCUT2D eigenvalue weighted by Crippen LogP contribution is 2.39. The zero-order valence-electron chi connectivity index (χ0n) is 31.0. The molecule has 0 bridgehead atoms. The van der Waals surface area contributed by atoms with Crippen molar-refractivity contribution < 1.29 is 143 Å². The van der Waals surface area contributed by atoms with E-state index in [-0.39, 0.29) is 0 Å². The first-order valence-electron chi connectivity index (χ1n) is 18.4. The van der Waals surface area contributed by atoms with Gasteiger partial charge in [0.05, 0.1) is 33.0 Å². The molecule has 0 aliphatic carbocycles. The second kappa shape index (κ2) is 21.0. The Morgan fingerprint density at radius 3 is 1.00 bits per heavy atom. The van der Waals surface area contributed by atoms with Gasteiger partial charge in [-0.15, -0.1) is 0 Å². The lowest BCUT2D eigenvalue weighted by Gasteiger charge is -2.49. The SMILES string of the molecule is O=P(O)(O)OC[C@H]1O[C@H](O)[C@H](O)[C@@H](O)[C@@H]1O[C@H]1O[C@H](CO)[C@@H](O[C@H]2O[C@H](CO)[C@@H](O[C@H]3O[C@H](CO)[C@@H](O[C@H]4O[C@H](CO)[C@@H](O)[C@H](O)[C@H]4O)[C@H](O)[C@H]3O)[C@H](O)[C@H]2O)[C@H](O)[C@H]1O. The molecule has 18 N–H and O–H groups in total. The predicted octanol–water partition coefficient (Wildman–Crippen LogP) is -11.8. The Morgan fingerprint density at radius 1 is 0.367 bits per heavy atom. The first kappa shape index (κ1) is 50.1. The van der Waals surface area contributed by atoms with Crippen molar-refractivity contribution >= 4 is 7.82 Å². The van der Waals surface area contributed by atoms with Gasteiger partial charge in [-0.25, -0.2) is 4.57 Å². The number of aliphatic hydroxyl groups excluding tert-OH is 16. The van der Waals surface area contributed by atoms with Crippen molar-refractivity contribution in [3.05, 3.63) is 0 Å². The molecular weight excluding hydrogens is 855 g/mol. The Morgan fingerprint density at radius 2 is 0.667 bits per heavy atom. The molecule has 0 aromatic carbocycles. The standard InChI is InChI=1S/C30H53O29P/c31-1-6-11(35)12(36)18(42)27(52-6)56-22-7(2-32)53-28(19(43)14(22)38)57-23-8(3-33)54-29(20(44)15(23)39)58-24-9(4-34)55-30(21(45)16(24)40)59-25-10(5-50-60(47,48)49)51-26(46)17(41)13(25)37/h6-46H,1-5H2,(H2,47,48,49)/t6-,7-,8-,9-,10-,11-,12+,13-,14-,15-,16-,17-,18-,19-,20-,21-,22-,23-,24-,25-,26+,27-,28-,29-,30-/m1/s1. The molecule has 30 heteroatoms. The maximum absolute atomic E-state index is 11.3. The van der Waals surface area contributed by atoms with E-state index in [1.54, 1.807) is 0 Å². The third kappa shape index (κ3) is 10.8. The van der Waals surface area contributed by atoms with Crippen molar-refractivity contribution in [2.24, 2.45) is 0 Å². The molecule has 5 saturated heterocycles. The molecule has 0 unspecified atom stereocenters. The molecular formula is C30H53O29P. The first-order chi connectivity index (χ1) is 28.2. The van der Waals surface area contributed by atoms with Gasteiger partial charge in [-0.2, -0.15) is 0 Å². The molecule has 0 spiro atoms. The zero-order chi connectivity index (χ0) is 44.5. The van der Waals surface area contributed by atoms with Gasteiger partial charge in [0.15, 0.2) is 31.5 Å². The minimum atomic E-state index is -5.15. The van der Waals surface area contributed by atoms with Crippen LogP contribution < -0.4 is 0 Å². The van der Waals surface area contributed by atoms with E-state index in [2.05, 4.69) is 4.52 Å². The molecule has 352 valence electrons. The number of hydrogen-bond donors (Lipinski definition) is 18. The van der Waals surface area contributed by atoms with Crippen LogP contribution in [0.15, 0.2) is 0 Å². The summed E-state index contributed by atoms with van der Waals surface area (Å²) in [4.78, 5) is 18.2. The third-order valence-electron chi connectivity index (χ3n) is 10.5. The van der Waals surface area contributed by atoms with E-state index in [9.17, 15) is 86.3 Å². The summed E-state index contributed by atoms with van der Waals surface area (Å²) in [6.07, 6.45) is -47.9. The van der Waals surface area contributed by atoms with Gasteiger partial charge in [-0.1, -0.05) is 0 Å². The van der Waals surface area contributed by atoms with Gasteiger partial charge in [0.25, 0.3) is 0 Å². The van der Waals surface area contributed by atoms with Crippen LogP contribution in [0, 0.1) is 0 Å². The van der Waals surface area contributed by atoms with Gasteiger partial charge in [0, 0.05) is 0 Å². The summed E-state index contributed by atoms with van der Waals surface area (Å²) >= 11 is 0. The van der Waals surface area contributed by atoms with Gasteiger partial charge in [0.2, 0.25) is 0 Å². The van der Waals surface area contributed by atoms with Crippen molar-refractivity contribution in [1.29, 1.82) is 0 Å². The molecule has 29 nitrogen and oxygen atoms in total. The van der Waals surface area contributed by atoms with E-state index >= 15 is 0 Å². The van der Waals surface area contributed by atoms with Crippen LogP contribution in [-0.2, 0) is 51.7 Å². The van der Waals surface area contributed by atoms with Crippen LogP contribution >= 0.6 is 7.82 Å². The summed E-state index contributed by atoms with van der Waals surface area (Å²) in [5.41, 5.74) is 0. The topological polar surface area (TPSA) is 474 Å². The lowest BCUT2D eigenvalue weighted by Crippen LogP contribution is -2.68. The number of aliphatic hydroxyl groups is 16. The molecule has 25 atom stereocenters. The predicted molar refractivity (Wildman–Crippen MR) is 177 cm³/mol. The van der Waals surface area contributed by atoms with Gasteiger partial charge >= 0.3 is 7.82 Å². The number of hydrogen-bond acceptors (Lipinski definition) is 27. The summed E-state index contributed by atoms with van der Waals surface area (Å²) in [5, 5.41) is 167. The Bertz CT molecular complexity index is 1380. The molecule has 0 radical (unpaired) electrons. The minimum Gasteiger partial charge on any atom is -0.394 e. The monoisotopic (exact) mass is 908 g/mol. The van der Waals surface area contributed by atoms with Gasteiger partial charge in [0.1, 0.15) is 122 Å². The van der Waals surface area contributed by atoms with Gasteiger partial charge < -0.3 is 134 Å². The average molecular weight is 909 g/mol. The second-order valence-electron chi connectivity index (χ2n) is 14.6. The molecule has 0 amide bonds. The van der Waals surface area contributed by atoms with E-state index < -0.39 is 194 Å². The molecule has 0 saturated carbocycles. The Labute approximate surface area is 337 Å². The number of phosphoric ester groups is 1. The number of rotatable bonds is 15. The molecule has 0 aromatic heterocycles. The number of ether oxygens (including phenoxy) is 9. The van der Waals surface area contributed by atoms with Crippen LogP contribution in [0.2, 0.25) is 0 Å². The lowest BCUT2D eigenvalue weighted by atomic mass is 9.95. The maximum Gasteiger partial charge on any atom is 0.469 e.